The van der Waals surface area contributed by atoms with Crippen LogP contribution in [0.15, 0.2) is 36.4 Å². The Kier molecular flexibility index (Phi) is 3.05. The average molecular weight is 291 g/mol. The molecule has 0 bridgehead atoms. The molecular formula is C14H11ClN2OS. The first-order valence-corrected chi connectivity index (χ1v) is 6.91. The van der Waals surface area contributed by atoms with Crippen molar-refractivity contribution in [3.63, 3.8) is 0 Å². The number of nitrogens with zero attached hydrogens (tertiary/aromatic N) is 1. The van der Waals surface area contributed by atoms with E-state index in [-0.39, 0.29) is 0 Å². The van der Waals surface area contributed by atoms with Gasteiger partial charge < -0.3 is 10.5 Å². The minimum absolute atomic E-state index is 0.603. The highest BCUT2D eigenvalue weighted by Crippen LogP contribution is 2.34. The summed E-state index contributed by atoms with van der Waals surface area (Å²) >= 11 is 7.46. The third kappa shape index (κ3) is 2.50. The molecule has 3 nitrogen and oxygen atoms in total. The molecule has 5 heteroatoms. The highest BCUT2D eigenvalue weighted by molar-refractivity contribution is 7.18. The van der Waals surface area contributed by atoms with Crippen molar-refractivity contribution in [2.45, 2.75) is 6.92 Å². The number of benzene rings is 2. The van der Waals surface area contributed by atoms with Gasteiger partial charge in [-0.1, -0.05) is 11.6 Å². The molecule has 0 aliphatic heterocycles. The number of thiazole rings is 1. The summed E-state index contributed by atoms with van der Waals surface area (Å²) in [6, 6.07) is 10.9. The van der Waals surface area contributed by atoms with Gasteiger partial charge in [-0.05, 0) is 37.3 Å². The van der Waals surface area contributed by atoms with Gasteiger partial charge in [0, 0.05) is 11.1 Å². The molecule has 0 unspecified atom stereocenters. The van der Waals surface area contributed by atoms with Gasteiger partial charge >= 0.3 is 0 Å². The number of aromatic nitrogens is 1. The van der Waals surface area contributed by atoms with Crippen molar-refractivity contribution in [3.05, 3.63) is 46.4 Å². The molecule has 3 aromatic rings. The third-order valence-electron chi connectivity index (χ3n) is 2.67. The number of ether oxygens (including phenoxy) is 1. The number of nitrogen functional groups attached to an aromatic ring is 1. The molecule has 0 radical (unpaired) electrons. The summed E-state index contributed by atoms with van der Waals surface area (Å²) in [5.74, 6) is 1.31. The van der Waals surface area contributed by atoms with Gasteiger partial charge in [-0.3, -0.25) is 0 Å². The molecule has 3 rings (SSSR count). The van der Waals surface area contributed by atoms with E-state index in [4.69, 9.17) is 22.1 Å². The molecule has 2 N–H and O–H groups in total. The standard InChI is InChI=1S/C14H11ClN2OS/c1-8-17-12-7-13(11(16)6-14(12)19-8)18-10-4-2-9(15)3-5-10/h2-7H,16H2,1H3. The SMILES string of the molecule is Cc1nc2cc(Oc3ccc(Cl)cc3)c(N)cc2s1. The fourth-order valence-electron chi connectivity index (χ4n) is 1.80. The maximum absolute atomic E-state index is 6.00. The summed E-state index contributed by atoms with van der Waals surface area (Å²) < 4.78 is 6.83. The topological polar surface area (TPSA) is 48.1 Å². The minimum Gasteiger partial charge on any atom is -0.455 e. The van der Waals surface area contributed by atoms with Gasteiger partial charge in [0.15, 0.2) is 5.75 Å². The fraction of sp³-hybridized carbons (Fsp3) is 0.0714. The van der Waals surface area contributed by atoms with Gasteiger partial charge in [-0.25, -0.2) is 4.98 Å². The lowest BCUT2D eigenvalue weighted by molar-refractivity contribution is 0.486. The summed E-state index contributed by atoms with van der Waals surface area (Å²) in [6.07, 6.45) is 0. The van der Waals surface area contributed by atoms with E-state index in [2.05, 4.69) is 4.98 Å². The highest BCUT2D eigenvalue weighted by atomic mass is 35.5. The van der Waals surface area contributed by atoms with Gasteiger partial charge in [0.2, 0.25) is 0 Å². The van der Waals surface area contributed by atoms with E-state index in [1.807, 2.05) is 19.1 Å². The van der Waals surface area contributed by atoms with E-state index in [0.717, 1.165) is 15.2 Å². The quantitative estimate of drug-likeness (QED) is 0.700. The van der Waals surface area contributed by atoms with Crippen LogP contribution in [-0.2, 0) is 0 Å². The molecular weight excluding hydrogens is 280 g/mol. The molecule has 2 aromatic carbocycles. The normalized spacial score (nSPS) is 10.8. The molecule has 1 aromatic heterocycles. The van der Waals surface area contributed by atoms with E-state index < -0.39 is 0 Å². The Morgan fingerprint density at radius 2 is 1.95 bits per heavy atom. The van der Waals surface area contributed by atoms with Crippen molar-refractivity contribution in [2.24, 2.45) is 0 Å². The average Bonchev–Trinajstić information content (AvgIpc) is 2.72. The van der Waals surface area contributed by atoms with Gasteiger partial charge in [0.1, 0.15) is 5.75 Å². The Balaban J connectivity index is 1.99. The third-order valence-corrected chi connectivity index (χ3v) is 3.85. The molecule has 0 spiro atoms. The van der Waals surface area contributed by atoms with E-state index in [0.29, 0.717) is 22.2 Å². The van der Waals surface area contributed by atoms with E-state index >= 15 is 0 Å². The van der Waals surface area contributed by atoms with Gasteiger partial charge in [0.25, 0.3) is 0 Å². The zero-order valence-electron chi connectivity index (χ0n) is 10.2. The van der Waals surface area contributed by atoms with Crippen LogP contribution in [0.25, 0.3) is 10.2 Å². The monoisotopic (exact) mass is 290 g/mol. The molecule has 1 heterocycles. The van der Waals surface area contributed by atoms with Crippen molar-refractivity contribution >= 4 is 38.8 Å². The Labute approximate surface area is 119 Å². The largest absolute Gasteiger partial charge is 0.455 e. The number of halogens is 1. The lowest BCUT2D eigenvalue weighted by Crippen LogP contribution is -1.91. The molecule has 0 saturated heterocycles. The predicted molar refractivity (Wildman–Crippen MR) is 80.3 cm³/mol. The second-order valence-corrected chi connectivity index (χ2v) is 5.82. The lowest BCUT2D eigenvalue weighted by Gasteiger charge is -2.08. The number of hydrogen-bond donors (Lipinski definition) is 1. The van der Waals surface area contributed by atoms with Crippen LogP contribution in [0.1, 0.15) is 5.01 Å². The summed E-state index contributed by atoms with van der Waals surface area (Å²) in [4.78, 5) is 4.43. The second-order valence-electron chi connectivity index (χ2n) is 4.15. The highest BCUT2D eigenvalue weighted by Gasteiger charge is 2.08. The molecule has 96 valence electrons. The van der Waals surface area contributed by atoms with Crippen molar-refractivity contribution in [3.8, 4) is 11.5 Å². The van der Waals surface area contributed by atoms with Crippen LogP contribution in [0.4, 0.5) is 5.69 Å². The Morgan fingerprint density at radius 3 is 2.68 bits per heavy atom. The van der Waals surface area contributed by atoms with Crippen molar-refractivity contribution in [1.82, 2.24) is 4.98 Å². The molecule has 19 heavy (non-hydrogen) atoms. The summed E-state index contributed by atoms with van der Waals surface area (Å²) in [5.41, 5.74) is 7.51. The lowest BCUT2D eigenvalue weighted by atomic mass is 10.2. The summed E-state index contributed by atoms with van der Waals surface area (Å²) in [6.45, 7) is 1.97. The predicted octanol–water partition coefficient (Wildman–Crippen LogP) is 4.63. The van der Waals surface area contributed by atoms with Crippen LogP contribution >= 0.6 is 22.9 Å². The van der Waals surface area contributed by atoms with Crippen LogP contribution < -0.4 is 10.5 Å². The van der Waals surface area contributed by atoms with E-state index in [9.17, 15) is 0 Å². The molecule has 0 saturated carbocycles. The maximum atomic E-state index is 6.00. The van der Waals surface area contributed by atoms with E-state index in [1.54, 1.807) is 35.6 Å². The number of rotatable bonds is 2. The molecule has 0 fully saturated rings. The minimum atomic E-state index is 0.603. The Morgan fingerprint density at radius 1 is 1.21 bits per heavy atom. The molecule has 0 aliphatic carbocycles. The maximum Gasteiger partial charge on any atom is 0.152 e. The number of nitrogens with two attached hydrogens (primary N) is 1. The van der Waals surface area contributed by atoms with Crippen molar-refractivity contribution in [1.29, 1.82) is 0 Å². The Bertz CT molecular complexity index is 737. The summed E-state index contributed by atoms with van der Waals surface area (Å²) in [5, 5.41) is 1.68. The van der Waals surface area contributed by atoms with Crippen LogP contribution in [-0.4, -0.2) is 4.98 Å². The number of hydrogen-bond acceptors (Lipinski definition) is 4. The van der Waals surface area contributed by atoms with Crippen LogP contribution in [0, 0.1) is 6.92 Å². The fourth-order valence-corrected chi connectivity index (χ4v) is 2.79. The van der Waals surface area contributed by atoms with Gasteiger partial charge in [0.05, 0.1) is 20.9 Å². The zero-order chi connectivity index (χ0) is 13.4. The molecule has 0 aliphatic rings. The Hall–Kier alpha value is -1.78. The van der Waals surface area contributed by atoms with Crippen molar-refractivity contribution < 1.29 is 4.74 Å². The smallest absolute Gasteiger partial charge is 0.152 e. The first kappa shape index (κ1) is 12.3. The summed E-state index contributed by atoms with van der Waals surface area (Å²) in [7, 11) is 0. The molecule has 0 atom stereocenters. The first-order valence-electron chi connectivity index (χ1n) is 5.72. The van der Waals surface area contributed by atoms with E-state index in [1.165, 1.54) is 0 Å². The number of aryl methyl sites for hydroxylation is 1. The number of fused-ring (bicyclic) bond motifs is 1. The molecule has 0 amide bonds. The first-order chi connectivity index (χ1) is 9.11. The van der Waals surface area contributed by atoms with Gasteiger partial charge in [-0.2, -0.15) is 0 Å². The second kappa shape index (κ2) is 4.72. The van der Waals surface area contributed by atoms with Crippen LogP contribution in [0.3, 0.4) is 0 Å². The van der Waals surface area contributed by atoms with Gasteiger partial charge in [-0.15, -0.1) is 11.3 Å². The van der Waals surface area contributed by atoms with Crippen LogP contribution in [0.2, 0.25) is 5.02 Å². The van der Waals surface area contributed by atoms with Crippen LogP contribution in [0.5, 0.6) is 11.5 Å². The number of anilines is 1. The van der Waals surface area contributed by atoms with Crippen molar-refractivity contribution in [2.75, 3.05) is 5.73 Å². The zero-order valence-corrected chi connectivity index (χ0v) is 11.8.